The Morgan fingerprint density at radius 1 is 0.569 bits per heavy atom. The van der Waals surface area contributed by atoms with Crippen LogP contribution in [0.4, 0.5) is 0 Å². The molecule has 3 nitrogen and oxygen atoms in total. The second kappa shape index (κ2) is 14.1. The Bertz CT molecular complexity index is 2600. The van der Waals surface area contributed by atoms with Gasteiger partial charge in [0.15, 0.2) is 0 Å². The van der Waals surface area contributed by atoms with Crippen LogP contribution in [0.15, 0.2) is 150 Å². The number of hydrogen-bond donors (Lipinski definition) is 0. The van der Waals surface area contributed by atoms with Gasteiger partial charge in [0.1, 0.15) is 5.58 Å². The molecule has 0 N–H and O–H groups in total. The Morgan fingerprint density at radius 3 is 2.16 bits per heavy atom. The van der Waals surface area contributed by atoms with Crippen molar-refractivity contribution in [3.05, 3.63) is 169 Å². The monoisotopic (exact) mass is 837 g/mol. The smallest absolute Gasteiger partial charge is 0.128 e. The minimum atomic E-state index is 0. The largest absolute Gasteiger partial charge is 0.500 e. The summed E-state index contributed by atoms with van der Waals surface area (Å²) in [6.07, 6.45) is 3.68. The summed E-state index contributed by atoms with van der Waals surface area (Å²) < 4.78 is 6.55. The molecule has 4 heteroatoms. The van der Waals surface area contributed by atoms with E-state index in [4.69, 9.17) is 9.40 Å². The van der Waals surface area contributed by atoms with Crippen LogP contribution in [0.25, 0.3) is 77.1 Å². The Morgan fingerprint density at radius 2 is 1.35 bits per heavy atom. The summed E-state index contributed by atoms with van der Waals surface area (Å²) in [4.78, 5) is 8.97. The molecule has 0 amide bonds. The first-order valence-corrected chi connectivity index (χ1v) is 17.0. The van der Waals surface area contributed by atoms with Crippen molar-refractivity contribution in [3.63, 3.8) is 0 Å². The molecule has 51 heavy (non-hydrogen) atoms. The van der Waals surface area contributed by atoms with E-state index in [0.29, 0.717) is 0 Å². The molecular weight excluding hydrogens is 801 g/mol. The van der Waals surface area contributed by atoms with Gasteiger partial charge in [0.25, 0.3) is 0 Å². The van der Waals surface area contributed by atoms with Gasteiger partial charge >= 0.3 is 0 Å². The van der Waals surface area contributed by atoms with Crippen LogP contribution in [0.3, 0.4) is 0 Å². The van der Waals surface area contributed by atoms with Gasteiger partial charge in [-0.05, 0) is 80.3 Å². The van der Waals surface area contributed by atoms with E-state index in [1.165, 1.54) is 32.8 Å². The number of benzene rings is 6. The molecule has 3 heterocycles. The molecule has 6 aromatic carbocycles. The van der Waals surface area contributed by atoms with Crippen LogP contribution < -0.4 is 0 Å². The molecule has 251 valence electrons. The number of aryl methyl sites for hydroxylation is 1. The standard InChI is InChI=1S/C36H28NO.C11H8N.Ir/c1-22-18-26-19-27(36(2,3)4)14-12-24(26)20-32(22)25-16-17-37-33(21-25)31-11-7-10-29-30-15-13-23-8-5-6-9-28(23)34(30)38-35(29)31;1-2-6-10(7-3-1)11-8-4-5-9-12-11;/h5-10,12-21H,1-4H3;1-6,8-9H;/q2*-1;. The van der Waals surface area contributed by atoms with Crippen LogP contribution in [0.1, 0.15) is 31.9 Å². The molecule has 1 radical (unpaired) electrons. The van der Waals surface area contributed by atoms with E-state index in [1.54, 1.807) is 6.20 Å². The predicted octanol–water partition coefficient (Wildman–Crippen LogP) is 12.6. The predicted molar refractivity (Wildman–Crippen MR) is 208 cm³/mol. The van der Waals surface area contributed by atoms with E-state index in [9.17, 15) is 0 Å². The Balaban J connectivity index is 0.000000265. The third-order valence-corrected chi connectivity index (χ3v) is 9.35. The van der Waals surface area contributed by atoms with Crippen LogP contribution >= 0.6 is 0 Å². The van der Waals surface area contributed by atoms with Gasteiger partial charge in [-0.25, -0.2) is 0 Å². The summed E-state index contributed by atoms with van der Waals surface area (Å²) in [5.74, 6) is 0. The molecule has 0 saturated heterocycles. The molecule has 0 saturated carbocycles. The van der Waals surface area contributed by atoms with E-state index < -0.39 is 0 Å². The van der Waals surface area contributed by atoms with Crippen molar-refractivity contribution in [2.75, 3.05) is 0 Å². The summed E-state index contributed by atoms with van der Waals surface area (Å²) in [5.41, 5.74) is 10.6. The van der Waals surface area contributed by atoms with Gasteiger partial charge in [-0.1, -0.05) is 111 Å². The number of pyridine rings is 2. The van der Waals surface area contributed by atoms with Crippen LogP contribution in [0.5, 0.6) is 0 Å². The molecule has 0 bridgehead atoms. The fourth-order valence-corrected chi connectivity index (χ4v) is 6.66. The average molecular weight is 837 g/mol. The van der Waals surface area contributed by atoms with Gasteiger partial charge in [0.2, 0.25) is 0 Å². The molecule has 9 rings (SSSR count). The van der Waals surface area contributed by atoms with Gasteiger partial charge in [0, 0.05) is 43.3 Å². The molecule has 3 aromatic heterocycles. The zero-order valence-electron chi connectivity index (χ0n) is 29.0. The first kappa shape index (κ1) is 34.1. The molecule has 0 unspecified atom stereocenters. The molecule has 0 aliphatic heterocycles. The molecule has 0 fully saturated rings. The van der Waals surface area contributed by atoms with Gasteiger partial charge < -0.3 is 14.4 Å². The fraction of sp³-hybridized carbons (Fsp3) is 0.106. The van der Waals surface area contributed by atoms with E-state index in [-0.39, 0.29) is 25.5 Å². The second-order valence-electron chi connectivity index (χ2n) is 13.8. The zero-order valence-corrected chi connectivity index (χ0v) is 31.4. The van der Waals surface area contributed by atoms with Crippen molar-refractivity contribution < 1.29 is 24.5 Å². The summed E-state index contributed by atoms with van der Waals surface area (Å²) in [7, 11) is 0. The maximum atomic E-state index is 6.55. The summed E-state index contributed by atoms with van der Waals surface area (Å²) in [6, 6.07) is 52.7. The number of rotatable bonds is 3. The van der Waals surface area contributed by atoms with Gasteiger partial charge in [-0.15, -0.1) is 54.1 Å². The third-order valence-electron chi connectivity index (χ3n) is 9.35. The van der Waals surface area contributed by atoms with E-state index >= 15 is 0 Å². The van der Waals surface area contributed by atoms with Crippen molar-refractivity contribution in [1.82, 2.24) is 9.97 Å². The summed E-state index contributed by atoms with van der Waals surface area (Å²) in [6.45, 7) is 8.97. The van der Waals surface area contributed by atoms with Crippen LogP contribution in [-0.2, 0) is 25.5 Å². The Hall–Kier alpha value is -5.41. The topological polar surface area (TPSA) is 38.9 Å². The first-order valence-electron chi connectivity index (χ1n) is 17.0. The zero-order chi connectivity index (χ0) is 34.2. The number of aromatic nitrogens is 2. The van der Waals surface area contributed by atoms with E-state index in [1.807, 2.05) is 54.7 Å². The second-order valence-corrected chi connectivity index (χ2v) is 13.8. The van der Waals surface area contributed by atoms with Crippen molar-refractivity contribution in [2.45, 2.75) is 33.1 Å². The van der Waals surface area contributed by atoms with Crippen LogP contribution in [0, 0.1) is 19.1 Å². The maximum absolute atomic E-state index is 6.55. The first-order chi connectivity index (χ1) is 24.3. The maximum Gasteiger partial charge on any atom is 0.128 e. The van der Waals surface area contributed by atoms with Gasteiger partial charge in [-0.3, -0.25) is 0 Å². The van der Waals surface area contributed by atoms with E-state index in [2.05, 4.69) is 130 Å². The number of furan rings is 1. The van der Waals surface area contributed by atoms with Gasteiger partial charge in [0.05, 0.1) is 5.58 Å². The number of fused-ring (bicyclic) bond motifs is 6. The summed E-state index contributed by atoms with van der Waals surface area (Å²) in [5, 5.41) is 7.02. The Labute approximate surface area is 312 Å². The minimum absolute atomic E-state index is 0. The third kappa shape index (κ3) is 6.73. The molecule has 9 aromatic rings. The SMILES string of the molecule is Cc1cc2cc(C(C)(C)C)ccc2cc1-c1ccnc(-c2[c-]ccc3c2oc2c4ccccc4ccc32)c1.[Ir].[c-]1ccccc1-c1ccccn1. The minimum Gasteiger partial charge on any atom is -0.500 e. The molecular formula is C47H36IrN2O-2. The number of nitrogens with zero attached hydrogens (tertiary/aromatic N) is 2. The van der Waals surface area contributed by atoms with Crippen molar-refractivity contribution >= 4 is 43.5 Å². The van der Waals surface area contributed by atoms with Crippen molar-refractivity contribution in [2.24, 2.45) is 0 Å². The molecule has 0 aliphatic carbocycles. The van der Waals surface area contributed by atoms with Crippen LogP contribution in [0.2, 0.25) is 0 Å². The quantitative estimate of drug-likeness (QED) is 0.166. The van der Waals surface area contributed by atoms with Crippen molar-refractivity contribution in [1.29, 1.82) is 0 Å². The van der Waals surface area contributed by atoms with Gasteiger partial charge in [-0.2, -0.15) is 0 Å². The van der Waals surface area contributed by atoms with E-state index in [0.717, 1.165) is 55.4 Å². The Kier molecular flexibility index (Phi) is 9.40. The summed E-state index contributed by atoms with van der Waals surface area (Å²) >= 11 is 0. The number of hydrogen-bond acceptors (Lipinski definition) is 3. The van der Waals surface area contributed by atoms with Crippen molar-refractivity contribution in [3.8, 4) is 33.6 Å². The average Bonchev–Trinajstić information content (AvgIpc) is 3.55. The normalized spacial score (nSPS) is 11.4. The molecule has 0 atom stereocenters. The molecule has 0 spiro atoms. The fourth-order valence-electron chi connectivity index (χ4n) is 6.66. The van der Waals surface area contributed by atoms with Crippen LogP contribution in [-0.4, -0.2) is 9.97 Å². The molecule has 0 aliphatic rings.